The maximum Gasteiger partial charge on any atom is 0.335 e. The maximum atomic E-state index is 13.9. The number of thioether (sulfide) groups is 1. The van der Waals surface area contributed by atoms with Crippen molar-refractivity contribution >= 4 is 46.3 Å². The first kappa shape index (κ1) is 28.4. The second kappa shape index (κ2) is 12.5. The van der Waals surface area contributed by atoms with Gasteiger partial charge in [0.05, 0.1) is 10.5 Å². The van der Waals surface area contributed by atoms with Gasteiger partial charge in [0.15, 0.2) is 11.6 Å². The fraction of sp³-hybridized carbons (Fsp3) is 0.207. The van der Waals surface area contributed by atoms with Crippen LogP contribution in [0.2, 0.25) is 0 Å². The summed E-state index contributed by atoms with van der Waals surface area (Å²) in [7, 11) is 3.87. The molecule has 1 N–H and O–H groups in total. The number of carboxylic acids is 1. The average molecular weight is 569 g/mol. The number of nitrogens with zero attached hydrogens (tertiary/aromatic N) is 2. The number of likely N-dealkylation sites (N-methyl/N-ethyl adjacent to an activating group) is 1. The standard InChI is InChI=1S/C29H26F2N2O4S2/c1-32(2)13-14-37-25-10-8-20(21-7-9-23(30)24(31)16-21)15-22(25)17-26-27(34)33(29(38)39-26)12-11-18-3-5-19(6-4-18)28(35)36/h3-10,15-17H,11-14H2,1-2H3,(H,35,36)/b26-17-. The highest BCUT2D eigenvalue weighted by Crippen LogP contribution is 2.36. The number of benzene rings is 3. The molecular weight excluding hydrogens is 542 g/mol. The first-order valence-electron chi connectivity index (χ1n) is 12.1. The van der Waals surface area contributed by atoms with Gasteiger partial charge in [-0.1, -0.05) is 48.2 Å². The van der Waals surface area contributed by atoms with E-state index in [9.17, 15) is 18.4 Å². The van der Waals surface area contributed by atoms with Gasteiger partial charge < -0.3 is 14.7 Å². The molecule has 1 amide bonds. The van der Waals surface area contributed by atoms with E-state index < -0.39 is 17.6 Å². The van der Waals surface area contributed by atoms with Crippen molar-refractivity contribution in [3.05, 3.63) is 93.9 Å². The maximum absolute atomic E-state index is 13.9. The van der Waals surface area contributed by atoms with Crippen molar-refractivity contribution in [2.75, 3.05) is 33.8 Å². The zero-order chi connectivity index (χ0) is 28.1. The zero-order valence-corrected chi connectivity index (χ0v) is 23.0. The Morgan fingerprint density at radius 1 is 1.05 bits per heavy atom. The molecule has 1 aliphatic heterocycles. The van der Waals surface area contributed by atoms with Crippen LogP contribution in [-0.4, -0.2) is 64.9 Å². The Morgan fingerprint density at radius 2 is 1.74 bits per heavy atom. The second-order valence-corrected chi connectivity index (χ2v) is 10.8. The summed E-state index contributed by atoms with van der Waals surface area (Å²) >= 11 is 6.66. The number of thiocarbonyl (C=S) groups is 1. The Labute approximate surface area is 234 Å². The number of hydrogen-bond donors (Lipinski definition) is 1. The van der Waals surface area contributed by atoms with Gasteiger partial charge in [0.1, 0.15) is 16.7 Å². The number of carboxylic acid groups (broad SMARTS) is 1. The van der Waals surface area contributed by atoms with Crippen LogP contribution in [-0.2, 0) is 11.2 Å². The topological polar surface area (TPSA) is 70.1 Å². The molecule has 6 nitrogen and oxygen atoms in total. The monoisotopic (exact) mass is 568 g/mol. The molecule has 1 heterocycles. The summed E-state index contributed by atoms with van der Waals surface area (Å²) in [4.78, 5) is 28.3. The van der Waals surface area contributed by atoms with Gasteiger partial charge in [-0.2, -0.15) is 0 Å². The highest BCUT2D eigenvalue weighted by atomic mass is 32.2. The van der Waals surface area contributed by atoms with Crippen LogP contribution in [0.15, 0.2) is 65.6 Å². The Kier molecular flexibility index (Phi) is 9.11. The van der Waals surface area contributed by atoms with Crippen LogP contribution < -0.4 is 4.74 Å². The summed E-state index contributed by atoms with van der Waals surface area (Å²) in [5.41, 5.74) is 2.82. The number of aromatic carboxylic acids is 1. The first-order valence-corrected chi connectivity index (χ1v) is 13.3. The zero-order valence-electron chi connectivity index (χ0n) is 21.3. The van der Waals surface area contributed by atoms with Gasteiger partial charge in [-0.3, -0.25) is 9.69 Å². The number of carbonyl (C=O) groups excluding carboxylic acids is 1. The summed E-state index contributed by atoms with van der Waals surface area (Å²) in [6.45, 7) is 1.44. The summed E-state index contributed by atoms with van der Waals surface area (Å²) in [6, 6.07) is 15.5. The third kappa shape index (κ3) is 7.08. The SMILES string of the molecule is CN(C)CCOc1ccc(-c2ccc(F)c(F)c2)cc1/C=C1\SC(=S)N(CCc2ccc(C(=O)O)cc2)C1=O. The van der Waals surface area contributed by atoms with E-state index in [2.05, 4.69) is 0 Å². The van der Waals surface area contributed by atoms with Crippen molar-refractivity contribution in [2.24, 2.45) is 0 Å². The van der Waals surface area contributed by atoms with Crippen LogP contribution in [0.5, 0.6) is 5.75 Å². The van der Waals surface area contributed by atoms with Gasteiger partial charge in [-0.15, -0.1) is 0 Å². The van der Waals surface area contributed by atoms with Crippen LogP contribution >= 0.6 is 24.0 Å². The molecule has 0 aliphatic carbocycles. The largest absolute Gasteiger partial charge is 0.492 e. The summed E-state index contributed by atoms with van der Waals surface area (Å²) in [5.74, 6) is -2.57. The first-order chi connectivity index (χ1) is 18.6. The van der Waals surface area contributed by atoms with Crippen LogP contribution in [0.4, 0.5) is 8.78 Å². The Morgan fingerprint density at radius 3 is 2.41 bits per heavy atom. The summed E-state index contributed by atoms with van der Waals surface area (Å²) < 4.78 is 33.8. The van der Waals surface area contributed by atoms with E-state index in [4.69, 9.17) is 22.1 Å². The molecule has 1 aliphatic rings. The molecule has 0 aromatic heterocycles. The lowest BCUT2D eigenvalue weighted by molar-refractivity contribution is -0.122. The molecule has 1 fully saturated rings. The molecule has 3 aromatic carbocycles. The molecule has 0 atom stereocenters. The van der Waals surface area contributed by atoms with E-state index >= 15 is 0 Å². The van der Waals surface area contributed by atoms with Crippen molar-refractivity contribution in [3.63, 3.8) is 0 Å². The lowest BCUT2D eigenvalue weighted by Crippen LogP contribution is -2.30. The number of halogens is 2. The predicted molar refractivity (Wildman–Crippen MR) is 153 cm³/mol. The number of carbonyl (C=O) groups is 2. The van der Waals surface area contributed by atoms with E-state index in [1.165, 1.54) is 34.9 Å². The van der Waals surface area contributed by atoms with Crippen molar-refractivity contribution in [3.8, 4) is 16.9 Å². The smallest absolute Gasteiger partial charge is 0.335 e. The molecule has 4 rings (SSSR count). The molecule has 202 valence electrons. The Balaban J connectivity index is 1.57. The quantitative estimate of drug-likeness (QED) is 0.248. The van der Waals surface area contributed by atoms with Crippen molar-refractivity contribution < 1.29 is 28.2 Å². The van der Waals surface area contributed by atoms with Gasteiger partial charge in [0.25, 0.3) is 5.91 Å². The fourth-order valence-corrected chi connectivity index (χ4v) is 5.17. The lowest BCUT2D eigenvalue weighted by atomic mass is 10.0. The van der Waals surface area contributed by atoms with Gasteiger partial charge in [-0.05, 0) is 79.7 Å². The normalized spacial score (nSPS) is 14.5. The van der Waals surface area contributed by atoms with E-state index in [0.717, 1.165) is 17.7 Å². The molecule has 0 unspecified atom stereocenters. The highest BCUT2D eigenvalue weighted by Gasteiger charge is 2.32. The number of amides is 1. The second-order valence-electron chi connectivity index (χ2n) is 9.12. The molecule has 39 heavy (non-hydrogen) atoms. The fourth-order valence-electron chi connectivity index (χ4n) is 3.88. The Bertz CT molecular complexity index is 1440. The van der Waals surface area contributed by atoms with E-state index in [0.29, 0.717) is 57.8 Å². The van der Waals surface area contributed by atoms with Gasteiger partial charge >= 0.3 is 5.97 Å². The van der Waals surface area contributed by atoms with Crippen LogP contribution in [0.3, 0.4) is 0 Å². The third-order valence-electron chi connectivity index (χ3n) is 6.04. The predicted octanol–water partition coefficient (Wildman–Crippen LogP) is 5.71. The lowest BCUT2D eigenvalue weighted by Gasteiger charge is -2.15. The molecule has 0 radical (unpaired) electrons. The molecular formula is C29H26F2N2O4S2. The minimum absolute atomic E-state index is 0.196. The Hall–Kier alpha value is -3.60. The van der Waals surface area contributed by atoms with Crippen LogP contribution in [0.25, 0.3) is 17.2 Å². The van der Waals surface area contributed by atoms with Gasteiger partial charge in [-0.25, -0.2) is 13.6 Å². The molecule has 0 saturated carbocycles. The summed E-state index contributed by atoms with van der Waals surface area (Å²) in [6.07, 6.45) is 2.21. The summed E-state index contributed by atoms with van der Waals surface area (Å²) in [5, 5.41) is 9.07. The minimum Gasteiger partial charge on any atom is -0.492 e. The van der Waals surface area contributed by atoms with Crippen LogP contribution in [0.1, 0.15) is 21.5 Å². The third-order valence-corrected chi connectivity index (χ3v) is 7.42. The molecule has 1 saturated heterocycles. The molecule has 0 bridgehead atoms. The number of ether oxygens (including phenoxy) is 1. The molecule has 3 aromatic rings. The van der Waals surface area contributed by atoms with E-state index in [-0.39, 0.29) is 11.5 Å². The van der Waals surface area contributed by atoms with E-state index in [1.807, 2.05) is 19.0 Å². The highest BCUT2D eigenvalue weighted by molar-refractivity contribution is 8.26. The van der Waals surface area contributed by atoms with Crippen LogP contribution in [0, 0.1) is 11.6 Å². The van der Waals surface area contributed by atoms with Gasteiger partial charge in [0, 0.05) is 18.7 Å². The minimum atomic E-state index is -0.998. The van der Waals surface area contributed by atoms with E-state index in [1.54, 1.807) is 36.4 Å². The number of hydrogen-bond acceptors (Lipinski definition) is 6. The van der Waals surface area contributed by atoms with Crippen molar-refractivity contribution in [2.45, 2.75) is 6.42 Å². The van der Waals surface area contributed by atoms with Gasteiger partial charge in [0.2, 0.25) is 0 Å². The average Bonchev–Trinajstić information content (AvgIpc) is 3.16. The van der Waals surface area contributed by atoms with Crippen molar-refractivity contribution in [1.82, 2.24) is 9.80 Å². The number of rotatable bonds is 10. The molecule has 10 heteroatoms. The van der Waals surface area contributed by atoms with Crippen molar-refractivity contribution in [1.29, 1.82) is 0 Å². The molecule has 0 spiro atoms.